The summed E-state index contributed by atoms with van der Waals surface area (Å²) >= 11 is 6.92. The second kappa shape index (κ2) is 3.06. The van der Waals surface area contributed by atoms with Crippen LogP contribution in [0, 0.1) is 0 Å². The van der Waals surface area contributed by atoms with Crippen LogP contribution in [-0.2, 0) is 11.8 Å². The van der Waals surface area contributed by atoms with Gasteiger partial charge in [-0.2, -0.15) is 0 Å². The van der Waals surface area contributed by atoms with Crippen LogP contribution in [0.15, 0.2) is 15.1 Å². The smallest absolute Gasteiger partial charge is 0.120 e. The van der Waals surface area contributed by atoms with Crippen molar-refractivity contribution in [3.05, 3.63) is 26.4 Å². The molecule has 0 amide bonds. The van der Waals surface area contributed by atoms with E-state index in [1.54, 1.807) is 0 Å². The molecule has 1 aliphatic rings. The monoisotopic (exact) mass is 303 g/mol. The van der Waals surface area contributed by atoms with Gasteiger partial charge in [0.1, 0.15) is 4.60 Å². The minimum atomic E-state index is 0.249. The molecule has 2 rings (SSSR count). The molecule has 0 saturated heterocycles. The van der Waals surface area contributed by atoms with Crippen LogP contribution in [0.5, 0.6) is 0 Å². The highest BCUT2D eigenvalue weighted by Crippen LogP contribution is 2.39. The molecule has 1 heterocycles. The molecule has 1 nitrogen and oxygen atoms in total. The molecule has 3 heteroatoms. The fourth-order valence-electron chi connectivity index (χ4n) is 1.85. The quantitative estimate of drug-likeness (QED) is 0.664. The van der Waals surface area contributed by atoms with Gasteiger partial charge in [-0.3, -0.25) is 0 Å². The summed E-state index contributed by atoms with van der Waals surface area (Å²) in [5.41, 5.74) is 2.89. The van der Waals surface area contributed by atoms with Gasteiger partial charge in [-0.05, 0) is 56.3 Å². The second-order valence-corrected chi connectivity index (χ2v) is 5.76. The summed E-state index contributed by atoms with van der Waals surface area (Å²) in [7, 11) is 0. The standard InChI is InChI=1S/C10H11Br2N/c1-10(2)4-3-6-5-7(11)9(12)13-8(6)10/h5H,3-4H2,1-2H3. The van der Waals surface area contributed by atoms with E-state index in [2.05, 4.69) is 56.8 Å². The highest BCUT2D eigenvalue weighted by atomic mass is 79.9. The Bertz CT molecular complexity index is 358. The number of halogens is 2. The van der Waals surface area contributed by atoms with Crippen LogP contribution in [0.1, 0.15) is 31.5 Å². The first kappa shape index (κ1) is 9.66. The number of aryl methyl sites for hydroxylation is 1. The summed E-state index contributed by atoms with van der Waals surface area (Å²) in [5.74, 6) is 0. The van der Waals surface area contributed by atoms with E-state index < -0.39 is 0 Å². The predicted octanol–water partition coefficient (Wildman–Crippen LogP) is 3.83. The molecule has 1 aromatic rings. The van der Waals surface area contributed by atoms with Gasteiger partial charge in [0.2, 0.25) is 0 Å². The third-order valence-corrected chi connectivity index (χ3v) is 4.41. The van der Waals surface area contributed by atoms with Gasteiger partial charge in [-0.1, -0.05) is 13.8 Å². The molecular weight excluding hydrogens is 294 g/mol. The molecule has 1 aliphatic carbocycles. The molecule has 0 spiro atoms. The van der Waals surface area contributed by atoms with Gasteiger partial charge in [0, 0.05) is 5.41 Å². The van der Waals surface area contributed by atoms with Gasteiger partial charge in [0.15, 0.2) is 0 Å². The number of fused-ring (bicyclic) bond motifs is 1. The summed E-state index contributed by atoms with van der Waals surface area (Å²) < 4.78 is 1.98. The molecule has 0 aliphatic heterocycles. The van der Waals surface area contributed by atoms with E-state index in [0.717, 1.165) is 15.5 Å². The number of pyridine rings is 1. The van der Waals surface area contributed by atoms with Crippen molar-refractivity contribution in [1.29, 1.82) is 0 Å². The molecule has 70 valence electrons. The van der Waals surface area contributed by atoms with Gasteiger partial charge < -0.3 is 0 Å². The summed E-state index contributed by atoms with van der Waals surface area (Å²) in [6, 6.07) is 2.18. The van der Waals surface area contributed by atoms with Gasteiger partial charge in [0.25, 0.3) is 0 Å². The molecule has 0 atom stereocenters. The zero-order chi connectivity index (χ0) is 9.64. The van der Waals surface area contributed by atoms with Crippen LogP contribution in [-0.4, -0.2) is 4.98 Å². The Morgan fingerprint density at radius 2 is 2.08 bits per heavy atom. The summed E-state index contributed by atoms with van der Waals surface area (Å²) in [4.78, 5) is 4.58. The van der Waals surface area contributed by atoms with Crippen molar-refractivity contribution in [2.45, 2.75) is 32.1 Å². The molecule has 0 radical (unpaired) electrons. The summed E-state index contributed by atoms with van der Waals surface area (Å²) in [6.07, 6.45) is 2.36. The van der Waals surface area contributed by atoms with Crippen LogP contribution in [0.2, 0.25) is 0 Å². The topological polar surface area (TPSA) is 12.9 Å². The van der Waals surface area contributed by atoms with Crippen molar-refractivity contribution in [3.63, 3.8) is 0 Å². The predicted molar refractivity (Wildman–Crippen MR) is 61.0 cm³/mol. The van der Waals surface area contributed by atoms with Crippen molar-refractivity contribution in [1.82, 2.24) is 4.98 Å². The van der Waals surface area contributed by atoms with Crippen molar-refractivity contribution in [2.24, 2.45) is 0 Å². The van der Waals surface area contributed by atoms with Crippen molar-refractivity contribution >= 4 is 31.9 Å². The molecular formula is C10H11Br2N. The van der Waals surface area contributed by atoms with Crippen molar-refractivity contribution in [2.75, 3.05) is 0 Å². The first-order valence-electron chi connectivity index (χ1n) is 4.36. The van der Waals surface area contributed by atoms with Crippen LogP contribution in [0.4, 0.5) is 0 Å². The highest BCUT2D eigenvalue weighted by Gasteiger charge is 2.31. The molecule has 0 unspecified atom stereocenters. The fraction of sp³-hybridized carbons (Fsp3) is 0.500. The number of hydrogen-bond donors (Lipinski definition) is 0. The summed E-state index contributed by atoms with van der Waals surface area (Å²) in [6.45, 7) is 4.51. The lowest BCUT2D eigenvalue weighted by Crippen LogP contribution is -2.13. The lowest BCUT2D eigenvalue weighted by Gasteiger charge is -2.17. The minimum Gasteiger partial charge on any atom is -0.244 e. The third-order valence-electron chi connectivity index (χ3n) is 2.67. The van der Waals surface area contributed by atoms with Gasteiger partial charge in [0.05, 0.1) is 10.2 Å². The first-order valence-corrected chi connectivity index (χ1v) is 5.95. The van der Waals surface area contributed by atoms with Gasteiger partial charge in [-0.15, -0.1) is 0 Å². The molecule has 0 bridgehead atoms. The first-order chi connectivity index (χ1) is 6.00. The summed E-state index contributed by atoms with van der Waals surface area (Å²) in [5, 5.41) is 0. The SMILES string of the molecule is CC1(C)CCc2cc(Br)c(Br)nc21. The average molecular weight is 305 g/mol. The maximum atomic E-state index is 4.58. The molecule has 13 heavy (non-hydrogen) atoms. The van der Waals surface area contributed by atoms with Crippen LogP contribution in [0.25, 0.3) is 0 Å². The Morgan fingerprint density at radius 1 is 1.38 bits per heavy atom. The number of hydrogen-bond acceptors (Lipinski definition) is 1. The molecule has 0 saturated carbocycles. The van der Waals surface area contributed by atoms with E-state index in [1.165, 1.54) is 17.7 Å². The van der Waals surface area contributed by atoms with E-state index in [1.807, 2.05) is 0 Å². The number of aromatic nitrogens is 1. The van der Waals surface area contributed by atoms with E-state index in [4.69, 9.17) is 0 Å². The Morgan fingerprint density at radius 3 is 2.77 bits per heavy atom. The average Bonchev–Trinajstić information content (AvgIpc) is 2.31. The lowest BCUT2D eigenvalue weighted by atomic mass is 9.91. The Balaban J connectivity index is 2.61. The lowest BCUT2D eigenvalue weighted by molar-refractivity contribution is 0.508. The maximum absolute atomic E-state index is 4.58. The highest BCUT2D eigenvalue weighted by molar-refractivity contribution is 9.13. The minimum absolute atomic E-state index is 0.249. The van der Waals surface area contributed by atoms with Crippen LogP contribution in [0.3, 0.4) is 0 Å². The Labute approximate surface area is 95.2 Å². The number of nitrogens with zero attached hydrogens (tertiary/aromatic N) is 1. The van der Waals surface area contributed by atoms with E-state index in [-0.39, 0.29) is 5.41 Å². The van der Waals surface area contributed by atoms with Gasteiger partial charge >= 0.3 is 0 Å². The third kappa shape index (κ3) is 1.57. The normalized spacial score (nSPS) is 18.8. The zero-order valence-electron chi connectivity index (χ0n) is 7.69. The maximum Gasteiger partial charge on any atom is 0.120 e. The van der Waals surface area contributed by atoms with Crippen LogP contribution < -0.4 is 0 Å². The fourth-order valence-corrected chi connectivity index (χ4v) is 2.50. The Kier molecular flexibility index (Phi) is 2.27. The van der Waals surface area contributed by atoms with Gasteiger partial charge in [-0.25, -0.2) is 4.98 Å². The molecule has 0 aromatic carbocycles. The molecule has 1 aromatic heterocycles. The van der Waals surface area contributed by atoms with E-state index in [9.17, 15) is 0 Å². The molecule has 0 N–H and O–H groups in total. The molecule has 0 fully saturated rings. The van der Waals surface area contributed by atoms with E-state index >= 15 is 0 Å². The zero-order valence-corrected chi connectivity index (χ0v) is 10.9. The van der Waals surface area contributed by atoms with E-state index in [0.29, 0.717) is 0 Å². The van der Waals surface area contributed by atoms with Crippen molar-refractivity contribution < 1.29 is 0 Å². The largest absolute Gasteiger partial charge is 0.244 e. The van der Waals surface area contributed by atoms with Crippen molar-refractivity contribution in [3.8, 4) is 0 Å². The second-order valence-electron chi connectivity index (χ2n) is 4.15. The number of rotatable bonds is 0. The van der Waals surface area contributed by atoms with Crippen LogP contribution >= 0.6 is 31.9 Å². The Hall–Kier alpha value is 0.110.